The highest BCUT2D eigenvalue weighted by Gasteiger charge is 2.34. The molecule has 0 saturated heterocycles. The van der Waals surface area contributed by atoms with E-state index in [1.54, 1.807) is 0 Å². The predicted octanol–water partition coefficient (Wildman–Crippen LogP) is 2.33. The van der Waals surface area contributed by atoms with Crippen LogP contribution in [0.1, 0.15) is 39.0 Å². The topological polar surface area (TPSA) is 66.4 Å². The summed E-state index contributed by atoms with van der Waals surface area (Å²) in [6, 6.07) is -0.988. The minimum atomic E-state index is -4.32. The lowest BCUT2D eigenvalue weighted by Gasteiger charge is -2.27. The Balaban J connectivity index is 2.47. The Morgan fingerprint density at radius 2 is 1.89 bits per heavy atom. The maximum absolute atomic E-state index is 12.1. The van der Waals surface area contributed by atoms with E-state index >= 15 is 0 Å². The maximum atomic E-state index is 12.1. The van der Waals surface area contributed by atoms with Gasteiger partial charge in [0.25, 0.3) is 0 Å². The van der Waals surface area contributed by atoms with Crippen LogP contribution in [0.25, 0.3) is 0 Å². The molecular weight excluding hydrogens is 263 g/mol. The van der Waals surface area contributed by atoms with E-state index in [0.717, 1.165) is 0 Å². The summed E-state index contributed by atoms with van der Waals surface area (Å²) in [5.74, 6) is -2.48. The number of carbonyl (C=O) groups excluding carboxylic acids is 1. The Hall–Kier alpha value is -1.27. The summed E-state index contributed by atoms with van der Waals surface area (Å²) >= 11 is 0. The molecule has 0 aromatic rings. The van der Waals surface area contributed by atoms with E-state index in [9.17, 15) is 22.8 Å². The van der Waals surface area contributed by atoms with Crippen LogP contribution in [0.3, 0.4) is 0 Å². The maximum Gasteiger partial charge on any atom is 0.391 e. The van der Waals surface area contributed by atoms with Gasteiger partial charge in [0, 0.05) is 12.0 Å². The van der Waals surface area contributed by atoms with Crippen LogP contribution < -0.4 is 5.32 Å². The van der Waals surface area contributed by atoms with Crippen LogP contribution in [0.5, 0.6) is 0 Å². The Labute approximate surface area is 109 Å². The number of halogens is 3. The van der Waals surface area contributed by atoms with Gasteiger partial charge in [-0.2, -0.15) is 13.2 Å². The summed E-state index contributed by atoms with van der Waals surface area (Å²) in [4.78, 5) is 22.6. The molecule has 1 fully saturated rings. The highest BCUT2D eigenvalue weighted by molar-refractivity contribution is 5.80. The first-order valence-electron chi connectivity index (χ1n) is 6.29. The summed E-state index contributed by atoms with van der Waals surface area (Å²) in [7, 11) is 0. The number of hydrogen-bond donors (Lipinski definition) is 2. The molecule has 0 aromatic heterocycles. The van der Waals surface area contributed by atoms with Gasteiger partial charge in [0.2, 0.25) is 5.91 Å². The molecule has 1 amide bonds. The van der Waals surface area contributed by atoms with E-state index in [4.69, 9.17) is 5.11 Å². The molecule has 2 N–H and O–H groups in total. The highest BCUT2D eigenvalue weighted by atomic mass is 19.4. The third kappa shape index (κ3) is 5.48. The monoisotopic (exact) mass is 281 g/mol. The number of nitrogens with one attached hydrogen (secondary N) is 1. The van der Waals surface area contributed by atoms with Gasteiger partial charge in [-0.1, -0.05) is 6.42 Å². The van der Waals surface area contributed by atoms with E-state index in [-0.39, 0.29) is 6.42 Å². The van der Waals surface area contributed by atoms with E-state index in [2.05, 4.69) is 5.32 Å². The Kier molecular flexibility index (Phi) is 5.20. The average molecular weight is 281 g/mol. The third-order valence-electron chi connectivity index (χ3n) is 3.32. The molecule has 3 atom stereocenters. The van der Waals surface area contributed by atoms with Crippen LogP contribution in [-0.2, 0) is 9.59 Å². The van der Waals surface area contributed by atoms with Crippen molar-refractivity contribution in [2.24, 2.45) is 11.8 Å². The van der Waals surface area contributed by atoms with Gasteiger partial charge in [0.15, 0.2) is 0 Å². The molecule has 1 rings (SSSR count). The number of aliphatic carboxylic acids is 1. The third-order valence-corrected chi connectivity index (χ3v) is 3.32. The molecule has 0 bridgehead atoms. The molecular formula is C12H18F3NO3. The van der Waals surface area contributed by atoms with Gasteiger partial charge in [-0.15, -0.1) is 0 Å². The number of rotatable bonds is 4. The van der Waals surface area contributed by atoms with Crippen molar-refractivity contribution in [3.05, 3.63) is 0 Å². The number of alkyl halides is 3. The largest absolute Gasteiger partial charge is 0.481 e. The second-order valence-corrected chi connectivity index (χ2v) is 5.13. The minimum Gasteiger partial charge on any atom is -0.481 e. The Bertz CT molecular complexity index is 344. The van der Waals surface area contributed by atoms with Crippen molar-refractivity contribution in [3.63, 3.8) is 0 Å². The molecule has 7 heteroatoms. The van der Waals surface area contributed by atoms with Crippen molar-refractivity contribution in [2.75, 3.05) is 0 Å². The summed E-state index contributed by atoms with van der Waals surface area (Å²) < 4.78 is 36.4. The van der Waals surface area contributed by atoms with Crippen molar-refractivity contribution in [3.8, 4) is 0 Å². The fourth-order valence-electron chi connectivity index (χ4n) is 2.41. The fraction of sp³-hybridized carbons (Fsp3) is 0.833. The predicted molar refractivity (Wildman–Crippen MR) is 61.4 cm³/mol. The van der Waals surface area contributed by atoms with Crippen molar-refractivity contribution in [2.45, 2.75) is 51.2 Å². The molecule has 110 valence electrons. The normalized spacial score (nSPS) is 25.7. The SMILES string of the molecule is CC(CC(F)(F)F)NC(=O)C1CCCC(C(=O)O)C1. The smallest absolute Gasteiger partial charge is 0.391 e. The van der Waals surface area contributed by atoms with Crippen molar-refractivity contribution in [1.82, 2.24) is 5.32 Å². The van der Waals surface area contributed by atoms with Gasteiger partial charge in [-0.05, 0) is 26.2 Å². The first kappa shape index (κ1) is 15.8. The van der Waals surface area contributed by atoms with Gasteiger partial charge < -0.3 is 10.4 Å². The summed E-state index contributed by atoms with van der Waals surface area (Å²) in [6.07, 6.45) is -3.51. The number of carbonyl (C=O) groups is 2. The average Bonchev–Trinajstić information content (AvgIpc) is 2.26. The standard InChI is InChI=1S/C12H18F3NO3/c1-7(6-12(13,14)15)16-10(17)8-3-2-4-9(5-8)11(18)19/h7-9H,2-6H2,1H3,(H,16,17)(H,18,19). The summed E-state index contributed by atoms with van der Waals surface area (Å²) in [5.41, 5.74) is 0. The second kappa shape index (κ2) is 6.25. The van der Waals surface area contributed by atoms with E-state index < -0.39 is 42.4 Å². The summed E-state index contributed by atoms with van der Waals surface area (Å²) in [6.45, 7) is 1.29. The van der Waals surface area contributed by atoms with Crippen molar-refractivity contribution in [1.29, 1.82) is 0 Å². The van der Waals surface area contributed by atoms with Gasteiger partial charge in [0.05, 0.1) is 12.3 Å². The van der Waals surface area contributed by atoms with Crippen molar-refractivity contribution >= 4 is 11.9 Å². The molecule has 0 radical (unpaired) electrons. The minimum absolute atomic E-state index is 0.208. The molecule has 1 aliphatic rings. The fourth-order valence-corrected chi connectivity index (χ4v) is 2.41. The van der Waals surface area contributed by atoms with Gasteiger partial charge in [0.1, 0.15) is 0 Å². The number of hydrogen-bond acceptors (Lipinski definition) is 2. The zero-order chi connectivity index (χ0) is 14.6. The Morgan fingerprint density at radius 3 is 2.42 bits per heavy atom. The molecule has 0 aromatic carbocycles. The first-order valence-corrected chi connectivity index (χ1v) is 6.29. The molecule has 4 nitrogen and oxygen atoms in total. The first-order chi connectivity index (χ1) is 8.69. The van der Waals surface area contributed by atoms with Crippen LogP contribution in [0.2, 0.25) is 0 Å². The highest BCUT2D eigenvalue weighted by Crippen LogP contribution is 2.29. The van der Waals surface area contributed by atoms with E-state index in [1.165, 1.54) is 6.92 Å². The number of carboxylic acids is 1. The van der Waals surface area contributed by atoms with Crippen LogP contribution in [0.4, 0.5) is 13.2 Å². The van der Waals surface area contributed by atoms with Crippen LogP contribution >= 0.6 is 0 Å². The second-order valence-electron chi connectivity index (χ2n) is 5.13. The van der Waals surface area contributed by atoms with E-state index in [1.807, 2.05) is 0 Å². The molecule has 3 unspecified atom stereocenters. The van der Waals surface area contributed by atoms with Gasteiger partial charge in [-0.3, -0.25) is 9.59 Å². The lowest BCUT2D eigenvalue weighted by molar-refractivity contribution is -0.144. The van der Waals surface area contributed by atoms with Crippen LogP contribution in [-0.4, -0.2) is 29.2 Å². The zero-order valence-electron chi connectivity index (χ0n) is 10.7. The van der Waals surface area contributed by atoms with Gasteiger partial charge in [-0.25, -0.2) is 0 Å². The molecule has 0 spiro atoms. The molecule has 0 heterocycles. The van der Waals surface area contributed by atoms with E-state index in [0.29, 0.717) is 19.3 Å². The molecule has 1 aliphatic carbocycles. The quantitative estimate of drug-likeness (QED) is 0.831. The zero-order valence-corrected chi connectivity index (χ0v) is 10.7. The summed E-state index contributed by atoms with van der Waals surface area (Å²) in [5, 5.41) is 11.2. The molecule has 19 heavy (non-hydrogen) atoms. The molecule has 1 saturated carbocycles. The van der Waals surface area contributed by atoms with Crippen LogP contribution in [0.15, 0.2) is 0 Å². The number of amides is 1. The Morgan fingerprint density at radius 1 is 1.32 bits per heavy atom. The molecule has 0 aliphatic heterocycles. The lowest BCUT2D eigenvalue weighted by atomic mass is 9.81. The number of carboxylic acid groups (broad SMARTS) is 1. The van der Waals surface area contributed by atoms with Gasteiger partial charge >= 0.3 is 12.1 Å². The van der Waals surface area contributed by atoms with Crippen LogP contribution in [0, 0.1) is 11.8 Å². The lowest BCUT2D eigenvalue weighted by Crippen LogP contribution is -2.41. The van der Waals surface area contributed by atoms with Crippen molar-refractivity contribution < 1.29 is 27.9 Å².